The van der Waals surface area contributed by atoms with Crippen molar-refractivity contribution in [3.05, 3.63) is 35.4 Å². The molecule has 0 radical (unpaired) electrons. The summed E-state index contributed by atoms with van der Waals surface area (Å²) in [4.78, 5) is 0. The highest BCUT2D eigenvalue weighted by Gasteiger charge is 2.30. The fourth-order valence-electron chi connectivity index (χ4n) is 2.73. The van der Waals surface area contributed by atoms with Gasteiger partial charge in [0, 0.05) is 0 Å². The molecule has 0 aromatic heterocycles. The van der Waals surface area contributed by atoms with E-state index in [1.54, 1.807) is 0 Å². The molecule has 0 aliphatic heterocycles. The number of aryl methyl sites for hydroxylation is 1. The zero-order valence-corrected chi connectivity index (χ0v) is 10.8. The van der Waals surface area contributed by atoms with E-state index in [4.69, 9.17) is 5.26 Å². The SMILES string of the molecule is CC(C)C1CC(CCc2cccc(C#N)c2)C1. The van der Waals surface area contributed by atoms with Crippen molar-refractivity contribution in [2.75, 3.05) is 0 Å². The van der Waals surface area contributed by atoms with Crippen LogP contribution in [0, 0.1) is 29.1 Å². The van der Waals surface area contributed by atoms with Crippen molar-refractivity contribution in [3.63, 3.8) is 0 Å². The smallest absolute Gasteiger partial charge is 0.0991 e. The van der Waals surface area contributed by atoms with Gasteiger partial charge in [0.15, 0.2) is 0 Å². The fourth-order valence-corrected chi connectivity index (χ4v) is 2.73. The van der Waals surface area contributed by atoms with Crippen LogP contribution in [0.1, 0.15) is 44.2 Å². The molecule has 0 atom stereocenters. The zero-order chi connectivity index (χ0) is 12.3. The normalized spacial score (nSPS) is 23.2. The number of hydrogen-bond donors (Lipinski definition) is 0. The van der Waals surface area contributed by atoms with Gasteiger partial charge in [-0.1, -0.05) is 26.0 Å². The second kappa shape index (κ2) is 5.36. The predicted octanol–water partition coefficient (Wildman–Crippen LogP) is 4.17. The molecule has 1 fully saturated rings. The molecule has 90 valence electrons. The molecule has 1 nitrogen and oxygen atoms in total. The molecule has 1 aromatic carbocycles. The van der Waals surface area contributed by atoms with E-state index in [-0.39, 0.29) is 0 Å². The summed E-state index contributed by atoms with van der Waals surface area (Å²) in [6, 6.07) is 10.2. The maximum Gasteiger partial charge on any atom is 0.0991 e. The highest BCUT2D eigenvalue weighted by atomic mass is 14.4. The van der Waals surface area contributed by atoms with Gasteiger partial charge in [-0.05, 0) is 61.1 Å². The Morgan fingerprint density at radius 3 is 2.76 bits per heavy atom. The lowest BCUT2D eigenvalue weighted by atomic mass is 9.68. The topological polar surface area (TPSA) is 23.8 Å². The molecule has 1 aromatic rings. The second-order valence-corrected chi connectivity index (χ2v) is 5.69. The van der Waals surface area contributed by atoms with E-state index < -0.39 is 0 Å². The molecule has 1 aliphatic rings. The zero-order valence-electron chi connectivity index (χ0n) is 10.8. The van der Waals surface area contributed by atoms with Crippen LogP contribution in [0.5, 0.6) is 0 Å². The minimum absolute atomic E-state index is 0.788. The molecule has 1 saturated carbocycles. The Labute approximate surface area is 104 Å². The van der Waals surface area contributed by atoms with Gasteiger partial charge in [-0.2, -0.15) is 5.26 Å². The monoisotopic (exact) mass is 227 g/mol. The summed E-state index contributed by atoms with van der Waals surface area (Å²) in [6.45, 7) is 4.66. The molecule has 0 unspecified atom stereocenters. The lowest BCUT2D eigenvalue weighted by molar-refractivity contribution is 0.134. The Kier molecular flexibility index (Phi) is 3.84. The summed E-state index contributed by atoms with van der Waals surface area (Å²) in [6.07, 6.45) is 5.24. The van der Waals surface area contributed by atoms with Crippen LogP contribution in [0.15, 0.2) is 24.3 Å². The average molecular weight is 227 g/mol. The summed E-state index contributed by atoms with van der Waals surface area (Å²) in [5.41, 5.74) is 2.10. The standard InChI is InChI=1S/C16H21N/c1-12(2)16-9-14(10-16)7-6-13-4-3-5-15(8-13)11-17/h3-5,8,12,14,16H,6-7,9-10H2,1-2H3. The summed E-state index contributed by atoms with van der Waals surface area (Å²) in [7, 11) is 0. The van der Waals surface area contributed by atoms with Crippen LogP contribution in [0.25, 0.3) is 0 Å². The van der Waals surface area contributed by atoms with Crippen LogP contribution >= 0.6 is 0 Å². The average Bonchev–Trinajstić information content (AvgIpc) is 2.27. The largest absolute Gasteiger partial charge is 0.192 e. The van der Waals surface area contributed by atoms with Crippen molar-refractivity contribution >= 4 is 0 Å². The second-order valence-electron chi connectivity index (χ2n) is 5.69. The minimum Gasteiger partial charge on any atom is -0.192 e. The van der Waals surface area contributed by atoms with Crippen molar-refractivity contribution in [1.82, 2.24) is 0 Å². The number of rotatable bonds is 4. The molecule has 0 heterocycles. The first-order valence-electron chi connectivity index (χ1n) is 6.68. The quantitative estimate of drug-likeness (QED) is 0.757. The van der Waals surface area contributed by atoms with E-state index in [0.29, 0.717) is 0 Å². The van der Waals surface area contributed by atoms with E-state index in [1.807, 2.05) is 18.2 Å². The van der Waals surface area contributed by atoms with Crippen molar-refractivity contribution in [2.45, 2.75) is 39.5 Å². The van der Waals surface area contributed by atoms with E-state index in [9.17, 15) is 0 Å². The lowest BCUT2D eigenvalue weighted by Crippen LogP contribution is -2.27. The molecular weight excluding hydrogens is 206 g/mol. The van der Waals surface area contributed by atoms with E-state index in [2.05, 4.69) is 26.0 Å². The highest BCUT2D eigenvalue weighted by molar-refractivity contribution is 5.32. The lowest BCUT2D eigenvalue weighted by Gasteiger charge is -2.38. The van der Waals surface area contributed by atoms with Crippen molar-refractivity contribution in [1.29, 1.82) is 5.26 Å². The Morgan fingerprint density at radius 1 is 1.35 bits per heavy atom. The van der Waals surface area contributed by atoms with Crippen LogP contribution in [-0.4, -0.2) is 0 Å². The van der Waals surface area contributed by atoms with Gasteiger partial charge in [0.05, 0.1) is 11.6 Å². The first-order valence-corrected chi connectivity index (χ1v) is 6.68. The third-order valence-corrected chi connectivity index (χ3v) is 4.11. The van der Waals surface area contributed by atoms with E-state index in [0.717, 1.165) is 29.7 Å². The third kappa shape index (κ3) is 3.09. The van der Waals surface area contributed by atoms with Crippen LogP contribution in [-0.2, 0) is 6.42 Å². The number of benzene rings is 1. The maximum absolute atomic E-state index is 8.84. The summed E-state index contributed by atoms with van der Waals surface area (Å²) in [5.74, 6) is 2.74. The van der Waals surface area contributed by atoms with E-state index in [1.165, 1.54) is 24.8 Å². The Balaban J connectivity index is 1.78. The summed E-state index contributed by atoms with van der Waals surface area (Å²) < 4.78 is 0. The van der Waals surface area contributed by atoms with Crippen LogP contribution in [0.3, 0.4) is 0 Å². The number of nitriles is 1. The van der Waals surface area contributed by atoms with Gasteiger partial charge < -0.3 is 0 Å². The molecule has 0 bridgehead atoms. The van der Waals surface area contributed by atoms with Crippen LogP contribution < -0.4 is 0 Å². The Bertz CT molecular complexity index is 408. The molecule has 0 amide bonds. The number of hydrogen-bond acceptors (Lipinski definition) is 1. The van der Waals surface area contributed by atoms with Crippen molar-refractivity contribution < 1.29 is 0 Å². The Hall–Kier alpha value is -1.29. The predicted molar refractivity (Wildman–Crippen MR) is 70.5 cm³/mol. The van der Waals surface area contributed by atoms with Crippen molar-refractivity contribution in [2.24, 2.45) is 17.8 Å². The molecule has 1 heteroatoms. The van der Waals surface area contributed by atoms with Crippen LogP contribution in [0.4, 0.5) is 0 Å². The molecule has 0 N–H and O–H groups in total. The minimum atomic E-state index is 0.788. The highest BCUT2D eigenvalue weighted by Crippen LogP contribution is 2.41. The molecule has 17 heavy (non-hydrogen) atoms. The first kappa shape index (κ1) is 12.2. The van der Waals surface area contributed by atoms with Gasteiger partial charge in [0.25, 0.3) is 0 Å². The van der Waals surface area contributed by atoms with Gasteiger partial charge in [-0.15, -0.1) is 0 Å². The summed E-state index contributed by atoms with van der Waals surface area (Å²) in [5, 5.41) is 8.84. The number of nitrogens with zero attached hydrogens (tertiary/aromatic N) is 1. The van der Waals surface area contributed by atoms with Gasteiger partial charge in [0.1, 0.15) is 0 Å². The van der Waals surface area contributed by atoms with Crippen LogP contribution in [0.2, 0.25) is 0 Å². The first-order chi connectivity index (χ1) is 8.19. The molecule has 1 aliphatic carbocycles. The van der Waals surface area contributed by atoms with Gasteiger partial charge in [0.2, 0.25) is 0 Å². The van der Waals surface area contributed by atoms with Gasteiger partial charge in [-0.3, -0.25) is 0 Å². The molecule has 0 spiro atoms. The van der Waals surface area contributed by atoms with Gasteiger partial charge >= 0.3 is 0 Å². The molecular formula is C16H21N. The van der Waals surface area contributed by atoms with Gasteiger partial charge in [-0.25, -0.2) is 0 Å². The molecule has 2 rings (SSSR count). The fraction of sp³-hybridized carbons (Fsp3) is 0.562. The third-order valence-electron chi connectivity index (χ3n) is 4.11. The summed E-state index contributed by atoms with van der Waals surface area (Å²) >= 11 is 0. The molecule has 0 saturated heterocycles. The maximum atomic E-state index is 8.84. The van der Waals surface area contributed by atoms with E-state index >= 15 is 0 Å². The van der Waals surface area contributed by atoms with Crippen molar-refractivity contribution in [3.8, 4) is 6.07 Å². The Morgan fingerprint density at radius 2 is 2.12 bits per heavy atom.